The van der Waals surface area contributed by atoms with E-state index < -0.39 is 0 Å². The maximum Gasteiger partial charge on any atom is 0.306 e. The van der Waals surface area contributed by atoms with Crippen LogP contribution >= 0.6 is 24.0 Å². The largest absolute Gasteiger partial charge is 0.462 e. The number of halogens is 1. The van der Waals surface area contributed by atoms with Gasteiger partial charge in [-0.1, -0.05) is 30.3 Å². The van der Waals surface area contributed by atoms with Crippen molar-refractivity contribution in [3.63, 3.8) is 0 Å². The van der Waals surface area contributed by atoms with Crippen LogP contribution in [0.2, 0.25) is 0 Å². The third-order valence-electron chi connectivity index (χ3n) is 6.37. The van der Waals surface area contributed by atoms with Crippen LogP contribution in [0.4, 0.5) is 0 Å². The summed E-state index contributed by atoms with van der Waals surface area (Å²) >= 11 is 0. The average Bonchev–Trinajstić information content (AvgIpc) is 3.29. The van der Waals surface area contributed by atoms with E-state index in [0.29, 0.717) is 18.5 Å². The van der Waals surface area contributed by atoms with E-state index in [2.05, 4.69) is 57.8 Å². The van der Waals surface area contributed by atoms with Crippen molar-refractivity contribution in [3.05, 3.63) is 35.9 Å². The molecule has 1 atom stereocenters. The Labute approximate surface area is 204 Å². The number of guanidine groups is 1. The minimum Gasteiger partial charge on any atom is -0.462 e. The third-order valence-corrected chi connectivity index (χ3v) is 6.37. The Morgan fingerprint density at radius 3 is 2.48 bits per heavy atom. The second-order valence-electron chi connectivity index (χ2n) is 8.54. The van der Waals surface area contributed by atoms with Gasteiger partial charge in [0.1, 0.15) is 6.10 Å². The molecular weight excluding hydrogens is 503 g/mol. The van der Waals surface area contributed by atoms with Crippen LogP contribution in [0.5, 0.6) is 0 Å². The molecule has 7 heteroatoms. The summed E-state index contributed by atoms with van der Waals surface area (Å²) in [5.41, 5.74) is 1.38. The number of rotatable bonds is 8. The molecule has 0 aromatic heterocycles. The van der Waals surface area contributed by atoms with Gasteiger partial charge in [0, 0.05) is 45.2 Å². The highest BCUT2D eigenvalue weighted by atomic mass is 127. The minimum atomic E-state index is -0.0634. The van der Waals surface area contributed by atoms with Crippen LogP contribution in [-0.4, -0.2) is 55.7 Å². The fourth-order valence-corrected chi connectivity index (χ4v) is 4.45. The Hall–Kier alpha value is -1.35. The first-order valence-corrected chi connectivity index (χ1v) is 11.6. The van der Waals surface area contributed by atoms with Crippen molar-refractivity contribution in [1.29, 1.82) is 0 Å². The average molecular weight is 543 g/mol. The quantitative estimate of drug-likeness (QED) is 0.169. The van der Waals surface area contributed by atoms with E-state index in [0.717, 1.165) is 57.7 Å². The standard InChI is InChI=1S/C24H38N4O2.HI/c1-19(20-9-4-3-5-10-20)28-17-14-21(15-18-28)27-24(25-2)26-16-8-13-23(29)30-22-11-6-7-12-22;/h3-5,9-10,19,21-22H,6-8,11-18H2,1-2H3,(H2,25,26,27);1H. The first-order chi connectivity index (χ1) is 14.7. The summed E-state index contributed by atoms with van der Waals surface area (Å²) in [6.45, 7) is 5.18. The van der Waals surface area contributed by atoms with Crippen molar-refractivity contribution in [1.82, 2.24) is 15.5 Å². The SMILES string of the molecule is CN=C(NCCCC(=O)OC1CCCC1)NC1CCN(C(C)c2ccccc2)CC1.I. The predicted molar refractivity (Wildman–Crippen MR) is 137 cm³/mol. The molecule has 0 amide bonds. The number of carbonyl (C=O) groups excluding carboxylic acids is 1. The van der Waals surface area contributed by atoms with Crippen LogP contribution in [0, 0.1) is 0 Å². The van der Waals surface area contributed by atoms with E-state index in [1.165, 1.54) is 18.4 Å². The molecular formula is C24H39IN4O2. The van der Waals surface area contributed by atoms with Gasteiger partial charge in [-0.3, -0.25) is 14.7 Å². The molecule has 1 aliphatic heterocycles. The zero-order chi connectivity index (χ0) is 21.2. The molecule has 1 aromatic rings. The summed E-state index contributed by atoms with van der Waals surface area (Å²) in [6.07, 6.45) is 8.03. The number of nitrogens with one attached hydrogen (secondary N) is 2. The molecule has 2 N–H and O–H groups in total. The summed E-state index contributed by atoms with van der Waals surface area (Å²) in [5, 5.41) is 6.89. The van der Waals surface area contributed by atoms with E-state index in [1.54, 1.807) is 7.05 Å². The topological polar surface area (TPSA) is 66.0 Å². The number of hydrogen-bond acceptors (Lipinski definition) is 4. The van der Waals surface area contributed by atoms with Gasteiger partial charge < -0.3 is 15.4 Å². The molecule has 6 nitrogen and oxygen atoms in total. The zero-order valence-electron chi connectivity index (χ0n) is 19.0. The fraction of sp³-hybridized carbons (Fsp3) is 0.667. The molecule has 0 spiro atoms. The Bertz CT molecular complexity index is 671. The van der Waals surface area contributed by atoms with Gasteiger partial charge in [-0.2, -0.15) is 0 Å². The molecule has 174 valence electrons. The lowest BCUT2D eigenvalue weighted by Gasteiger charge is -2.37. The van der Waals surface area contributed by atoms with E-state index in [9.17, 15) is 4.79 Å². The molecule has 0 radical (unpaired) electrons. The van der Waals surface area contributed by atoms with Crippen molar-refractivity contribution in [3.8, 4) is 0 Å². The van der Waals surface area contributed by atoms with E-state index in [1.807, 2.05) is 0 Å². The van der Waals surface area contributed by atoms with Crippen molar-refractivity contribution in [2.45, 2.75) is 76.5 Å². The molecule has 31 heavy (non-hydrogen) atoms. The molecule has 2 fully saturated rings. The van der Waals surface area contributed by atoms with Crippen molar-refractivity contribution < 1.29 is 9.53 Å². The predicted octanol–water partition coefficient (Wildman–Crippen LogP) is 4.26. The first-order valence-electron chi connectivity index (χ1n) is 11.6. The maximum absolute atomic E-state index is 11.9. The molecule has 0 bridgehead atoms. The van der Waals surface area contributed by atoms with Gasteiger partial charge in [0.05, 0.1) is 0 Å². The lowest BCUT2D eigenvalue weighted by atomic mass is 10.0. The highest BCUT2D eigenvalue weighted by Gasteiger charge is 2.24. The molecule has 1 aliphatic carbocycles. The van der Waals surface area contributed by atoms with Gasteiger partial charge in [-0.25, -0.2) is 0 Å². The molecule has 1 aromatic carbocycles. The number of esters is 1. The van der Waals surface area contributed by atoms with Crippen molar-refractivity contribution in [2.24, 2.45) is 4.99 Å². The van der Waals surface area contributed by atoms with Gasteiger partial charge in [0.15, 0.2) is 5.96 Å². The molecule has 3 rings (SSSR count). The summed E-state index contributed by atoms with van der Waals surface area (Å²) in [7, 11) is 1.80. The molecule has 2 aliphatic rings. The Balaban J connectivity index is 0.00000341. The minimum absolute atomic E-state index is 0. The highest BCUT2D eigenvalue weighted by Crippen LogP contribution is 2.24. The van der Waals surface area contributed by atoms with Gasteiger partial charge in [-0.05, 0) is 57.4 Å². The maximum atomic E-state index is 11.9. The zero-order valence-corrected chi connectivity index (χ0v) is 21.3. The second-order valence-corrected chi connectivity index (χ2v) is 8.54. The van der Waals surface area contributed by atoms with Gasteiger partial charge >= 0.3 is 5.97 Å². The Morgan fingerprint density at radius 1 is 1.16 bits per heavy atom. The van der Waals surface area contributed by atoms with Crippen LogP contribution in [0.25, 0.3) is 0 Å². The summed E-state index contributed by atoms with van der Waals surface area (Å²) in [4.78, 5) is 18.8. The summed E-state index contributed by atoms with van der Waals surface area (Å²) in [6, 6.07) is 11.6. The number of nitrogens with zero attached hydrogens (tertiary/aromatic N) is 2. The molecule has 1 unspecified atom stereocenters. The van der Waals surface area contributed by atoms with E-state index in [-0.39, 0.29) is 36.0 Å². The van der Waals surface area contributed by atoms with Crippen molar-refractivity contribution in [2.75, 3.05) is 26.7 Å². The van der Waals surface area contributed by atoms with Gasteiger partial charge in [-0.15, -0.1) is 24.0 Å². The first kappa shape index (κ1) is 25.9. The number of carbonyl (C=O) groups is 1. The van der Waals surface area contributed by atoms with Crippen LogP contribution < -0.4 is 10.6 Å². The number of ether oxygens (including phenoxy) is 1. The number of aliphatic imine (C=N–C) groups is 1. The normalized spacial score (nSPS) is 19.5. The van der Waals surface area contributed by atoms with Gasteiger partial charge in [0.25, 0.3) is 0 Å². The molecule has 1 saturated heterocycles. The summed E-state index contributed by atoms with van der Waals surface area (Å²) in [5.74, 6) is 0.764. The second kappa shape index (κ2) is 13.9. The monoisotopic (exact) mass is 542 g/mol. The van der Waals surface area contributed by atoms with Crippen LogP contribution in [0.15, 0.2) is 35.3 Å². The highest BCUT2D eigenvalue weighted by molar-refractivity contribution is 14.0. The number of piperidine rings is 1. The summed E-state index contributed by atoms with van der Waals surface area (Å²) < 4.78 is 5.51. The van der Waals surface area contributed by atoms with E-state index >= 15 is 0 Å². The van der Waals surface area contributed by atoms with Crippen molar-refractivity contribution >= 4 is 35.9 Å². The fourth-order valence-electron chi connectivity index (χ4n) is 4.45. The third kappa shape index (κ3) is 8.60. The lowest BCUT2D eigenvalue weighted by molar-refractivity contribution is -0.148. The van der Waals surface area contributed by atoms with Crippen LogP contribution in [-0.2, 0) is 9.53 Å². The van der Waals surface area contributed by atoms with E-state index in [4.69, 9.17) is 4.74 Å². The smallest absolute Gasteiger partial charge is 0.306 e. The van der Waals surface area contributed by atoms with Crippen LogP contribution in [0.3, 0.4) is 0 Å². The number of likely N-dealkylation sites (tertiary alicyclic amines) is 1. The van der Waals surface area contributed by atoms with Crippen LogP contribution in [0.1, 0.15) is 69.9 Å². The van der Waals surface area contributed by atoms with Gasteiger partial charge in [0.2, 0.25) is 0 Å². The molecule has 1 saturated carbocycles. The number of benzene rings is 1. The molecule has 1 heterocycles. The number of hydrogen-bond donors (Lipinski definition) is 2. The Kier molecular flexibility index (Phi) is 11.6. The Morgan fingerprint density at radius 2 is 1.84 bits per heavy atom. The lowest BCUT2D eigenvalue weighted by Crippen LogP contribution is -2.49.